The summed E-state index contributed by atoms with van der Waals surface area (Å²) in [6.45, 7) is 0.567. The van der Waals surface area contributed by atoms with Crippen LogP contribution in [0.5, 0.6) is 0 Å². The van der Waals surface area contributed by atoms with E-state index in [4.69, 9.17) is 4.55 Å². The number of aryl methyl sites for hydroxylation is 1. The molecule has 19 heavy (non-hydrogen) atoms. The minimum absolute atomic E-state index is 0.211. The van der Waals surface area contributed by atoms with Gasteiger partial charge in [-0.15, -0.1) is 0 Å². The first-order valence-corrected chi connectivity index (χ1v) is 8.75. The zero-order chi connectivity index (χ0) is 13.9. The molecule has 0 radical (unpaired) electrons. The summed E-state index contributed by atoms with van der Waals surface area (Å²) in [7, 11) is -3.89. The maximum absolute atomic E-state index is 10.8. The second kappa shape index (κ2) is 5.90. The zero-order valence-electron chi connectivity index (χ0n) is 10.6. The number of hydrogen-bond acceptors (Lipinski definition) is 3. The van der Waals surface area contributed by atoms with Crippen LogP contribution >= 0.6 is 11.8 Å². The fraction of sp³-hybridized carbons (Fsp3) is 0.308. The number of aromatic nitrogens is 1. The molecule has 6 heteroatoms. The summed E-state index contributed by atoms with van der Waals surface area (Å²) in [6, 6.07) is 12.1. The Morgan fingerprint density at radius 3 is 2.63 bits per heavy atom. The third-order valence-corrected chi connectivity index (χ3v) is 4.47. The lowest BCUT2D eigenvalue weighted by Gasteiger charge is -2.05. The topological polar surface area (TPSA) is 58.2 Å². The summed E-state index contributed by atoms with van der Waals surface area (Å²) in [4.78, 5) is 0. The van der Waals surface area contributed by atoms with Gasteiger partial charge in [-0.1, -0.05) is 23.9 Å². The van der Waals surface area contributed by atoms with Crippen LogP contribution < -0.4 is 4.57 Å². The first kappa shape index (κ1) is 14.3. The Hall–Kier alpha value is -1.11. The van der Waals surface area contributed by atoms with Crippen molar-refractivity contribution in [2.45, 2.75) is 18.0 Å². The molecule has 1 N–H and O–H groups in total. The predicted molar refractivity (Wildman–Crippen MR) is 77.0 cm³/mol. The van der Waals surface area contributed by atoms with Crippen molar-refractivity contribution in [1.82, 2.24) is 0 Å². The van der Waals surface area contributed by atoms with Gasteiger partial charge < -0.3 is 0 Å². The molecule has 0 bridgehead atoms. The van der Waals surface area contributed by atoms with E-state index in [1.165, 1.54) is 0 Å². The maximum atomic E-state index is 10.8. The Labute approximate surface area is 117 Å². The Bertz CT molecular complexity index is 683. The Kier molecular flexibility index (Phi) is 4.44. The van der Waals surface area contributed by atoms with Crippen molar-refractivity contribution in [3.05, 3.63) is 36.4 Å². The Morgan fingerprint density at radius 2 is 1.95 bits per heavy atom. The SMILES string of the molecule is CSc1ccc2ccccc2[n+]1CCCS(=O)(=O)O. The summed E-state index contributed by atoms with van der Waals surface area (Å²) in [5.41, 5.74) is 1.07. The van der Waals surface area contributed by atoms with Crippen molar-refractivity contribution in [3.63, 3.8) is 0 Å². The molecule has 0 aliphatic rings. The van der Waals surface area contributed by atoms with E-state index in [9.17, 15) is 8.42 Å². The summed E-state index contributed by atoms with van der Waals surface area (Å²) >= 11 is 1.62. The molecular weight excluding hydrogens is 282 g/mol. The molecule has 2 aromatic rings. The van der Waals surface area contributed by atoms with Gasteiger partial charge in [0, 0.05) is 23.9 Å². The van der Waals surface area contributed by atoms with Gasteiger partial charge in [-0.3, -0.25) is 4.55 Å². The van der Waals surface area contributed by atoms with Gasteiger partial charge in [-0.05, 0) is 18.4 Å². The zero-order valence-corrected chi connectivity index (χ0v) is 12.2. The van der Waals surface area contributed by atoms with Crippen molar-refractivity contribution < 1.29 is 17.5 Å². The number of rotatable bonds is 5. The third-order valence-electron chi connectivity index (χ3n) is 2.89. The number of thioether (sulfide) groups is 1. The van der Waals surface area contributed by atoms with E-state index >= 15 is 0 Å². The van der Waals surface area contributed by atoms with Crippen LogP contribution in [0.1, 0.15) is 6.42 Å². The fourth-order valence-corrected chi connectivity index (χ4v) is 3.17. The molecule has 0 unspecified atom stereocenters. The van der Waals surface area contributed by atoms with E-state index in [1.54, 1.807) is 11.8 Å². The van der Waals surface area contributed by atoms with Crippen molar-refractivity contribution >= 4 is 32.8 Å². The normalized spacial score (nSPS) is 11.9. The number of fused-ring (bicyclic) bond motifs is 1. The average molecular weight is 298 g/mol. The molecule has 0 saturated carbocycles. The monoisotopic (exact) mass is 298 g/mol. The van der Waals surface area contributed by atoms with Crippen molar-refractivity contribution in [2.75, 3.05) is 12.0 Å². The van der Waals surface area contributed by atoms with Crippen LogP contribution in [0, 0.1) is 0 Å². The van der Waals surface area contributed by atoms with Crippen molar-refractivity contribution in [1.29, 1.82) is 0 Å². The number of nitrogens with zero attached hydrogens (tertiary/aromatic N) is 1. The second-order valence-corrected chi connectivity index (χ2v) is 6.62. The van der Waals surface area contributed by atoms with Crippen molar-refractivity contribution in [2.24, 2.45) is 0 Å². The van der Waals surface area contributed by atoms with Gasteiger partial charge in [0.25, 0.3) is 10.1 Å². The molecule has 0 fully saturated rings. The highest BCUT2D eigenvalue weighted by molar-refractivity contribution is 7.98. The van der Waals surface area contributed by atoms with E-state index in [2.05, 4.69) is 10.6 Å². The number of benzene rings is 1. The first-order chi connectivity index (χ1) is 9.01. The number of para-hydroxylation sites is 1. The van der Waals surface area contributed by atoms with Gasteiger partial charge in [0.15, 0.2) is 6.54 Å². The van der Waals surface area contributed by atoms with Crippen LogP contribution in [0.2, 0.25) is 0 Å². The van der Waals surface area contributed by atoms with Crippen LogP contribution in [0.4, 0.5) is 0 Å². The lowest BCUT2D eigenvalue weighted by molar-refractivity contribution is -0.707. The van der Waals surface area contributed by atoms with E-state index in [0.29, 0.717) is 13.0 Å². The standard InChI is InChI=1S/C13H15NO3S2/c1-18-13-8-7-11-5-2-3-6-12(11)14(13)9-4-10-19(15,16)17/h2-3,5-8H,4,9-10H2,1H3/p+1. The number of hydrogen-bond donors (Lipinski definition) is 1. The lowest BCUT2D eigenvalue weighted by atomic mass is 10.2. The highest BCUT2D eigenvalue weighted by Crippen LogP contribution is 2.16. The lowest BCUT2D eigenvalue weighted by Crippen LogP contribution is -2.37. The molecule has 0 amide bonds. The second-order valence-electron chi connectivity index (χ2n) is 4.23. The van der Waals surface area contributed by atoms with Crippen LogP contribution in [0.25, 0.3) is 10.9 Å². The largest absolute Gasteiger partial charge is 0.286 e. The molecule has 1 heterocycles. The minimum Gasteiger partial charge on any atom is -0.286 e. The fourth-order valence-electron chi connectivity index (χ4n) is 2.06. The summed E-state index contributed by atoms with van der Waals surface area (Å²) in [5.74, 6) is -0.211. The molecule has 102 valence electrons. The smallest absolute Gasteiger partial charge is 0.265 e. The van der Waals surface area contributed by atoms with Gasteiger partial charge in [-0.2, -0.15) is 13.0 Å². The van der Waals surface area contributed by atoms with Gasteiger partial charge >= 0.3 is 0 Å². The quantitative estimate of drug-likeness (QED) is 0.522. The maximum Gasteiger partial charge on any atom is 0.265 e. The van der Waals surface area contributed by atoms with Crippen LogP contribution in [-0.2, 0) is 16.7 Å². The molecule has 0 aliphatic heterocycles. The molecule has 0 atom stereocenters. The van der Waals surface area contributed by atoms with Gasteiger partial charge in [0.05, 0.1) is 5.75 Å². The summed E-state index contributed by atoms with van der Waals surface area (Å²) in [6.07, 6.45) is 2.38. The average Bonchev–Trinajstić information content (AvgIpc) is 2.37. The van der Waals surface area contributed by atoms with Gasteiger partial charge in [0.1, 0.15) is 0 Å². The summed E-state index contributed by atoms with van der Waals surface area (Å²) < 4.78 is 32.4. The molecule has 4 nitrogen and oxygen atoms in total. The molecule has 1 aromatic heterocycles. The van der Waals surface area contributed by atoms with Gasteiger partial charge in [-0.25, -0.2) is 0 Å². The van der Waals surface area contributed by atoms with Gasteiger partial charge in [0.2, 0.25) is 10.5 Å². The highest BCUT2D eigenvalue weighted by atomic mass is 32.2. The van der Waals surface area contributed by atoms with E-state index < -0.39 is 10.1 Å². The Balaban J connectivity index is 2.34. The molecule has 0 aliphatic carbocycles. The summed E-state index contributed by atoms with van der Waals surface area (Å²) in [5, 5.41) is 2.20. The number of pyridine rings is 1. The van der Waals surface area contributed by atoms with Crippen molar-refractivity contribution in [3.8, 4) is 0 Å². The third kappa shape index (κ3) is 3.68. The van der Waals surface area contributed by atoms with Crippen LogP contribution in [0.3, 0.4) is 0 Å². The van der Waals surface area contributed by atoms with Crippen LogP contribution in [-0.4, -0.2) is 25.0 Å². The molecule has 0 spiro atoms. The first-order valence-electron chi connectivity index (χ1n) is 5.92. The molecular formula is C13H16NO3S2+. The molecule has 2 rings (SSSR count). The Morgan fingerprint density at radius 1 is 1.21 bits per heavy atom. The highest BCUT2D eigenvalue weighted by Gasteiger charge is 2.15. The van der Waals surface area contributed by atoms with E-state index in [1.807, 2.05) is 36.6 Å². The minimum atomic E-state index is -3.89. The molecule has 1 aromatic carbocycles. The van der Waals surface area contributed by atoms with Crippen LogP contribution in [0.15, 0.2) is 41.4 Å². The predicted octanol–water partition coefficient (Wildman–Crippen LogP) is 2.13. The van der Waals surface area contributed by atoms with E-state index in [0.717, 1.165) is 15.9 Å². The van der Waals surface area contributed by atoms with E-state index in [-0.39, 0.29) is 5.75 Å². The molecule has 0 saturated heterocycles.